The molecule has 6 nitrogen and oxygen atoms in total. The van der Waals surface area contributed by atoms with Crippen LogP contribution in [0.1, 0.15) is 24.0 Å². The van der Waals surface area contributed by atoms with E-state index >= 15 is 0 Å². The Bertz CT molecular complexity index is 2700. The predicted molar refractivity (Wildman–Crippen MR) is 213 cm³/mol. The zero-order chi connectivity index (χ0) is 35.7. The molecule has 6 aromatic carbocycles. The van der Waals surface area contributed by atoms with Crippen molar-refractivity contribution in [3.05, 3.63) is 175 Å². The van der Waals surface area contributed by atoms with E-state index in [0.29, 0.717) is 29.6 Å². The predicted octanol–water partition coefficient (Wildman–Crippen LogP) is 11.1. The van der Waals surface area contributed by atoms with Crippen molar-refractivity contribution in [2.45, 2.75) is 12.8 Å². The van der Waals surface area contributed by atoms with E-state index < -0.39 is 0 Å². The number of benzene rings is 6. The summed E-state index contributed by atoms with van der Waals surface area (Å²) in [7, 11) is 0. The van der Waals surface area contributed by atoms with Gasteiger partial charge in [-0.1, -0.05) is 128 Å². The third-order valence-corrected chi connectivity index (χ3v) is 9.77. The van der Waals surface area contributed by atoms with E-state index in [0.717, 1.165) is 66.6 Å². The Labute approximate surface area is 307 Å². The average Bonchev–Trinajstić information content (AvgIpc) is 3.60. The van der Waals surface area contributed by atoms with Crippen molar-refractivity contribution in [1.29, 1.82) is 5.26 Å². The van der Waals surface area contributed by atoms with E-state index in [4.69, 9.17) is 19.7 Å². The fourth-order valence-electron chi connectivity index (χ4n) is 7.23. The van der Waals surface area contributed by atoms with E-state index in [1.165, 1.54) is 0 Å². The lowest BCUT2D eigenvalue weighted by atomic mass is 9.96. The molecule has 3 heterocycles. The van der Waals surface area contributed by atoms with Crippen LogP contribution in [-0.4, -0.2) is 26.1 Å². The molecule has 0 saturated carbocycles. The maximum atomic E-state index is 10.2. The summed E-state index contributed by atoms with van der Waals surface area (Å²) in [5, 5.41) is 12.4. The highest BCUT2D eigenvalue weighted by atomic mass is 16.5. The van der Waals surface area contributed by atoms with Gasteiger partial charge in [-0.05, 0) is 53.6 Å². The summed E-state index contributed by atoms with van der Waals surface area (Å²) >= 11 is 0. The van der Waals surface area contributed by atoms with Crippen LogP contribution in [-0.2, 0) is 0 Å². The van der Waals surface area contributed by atoms with E-state index in [9.17, 15) is 5.26 Å². The standard InChI is InChI=1S/C47H33N5O/c1-31-15-5-4-14-26-53-44-38(31)24-25-42-43(44)40-22-12-13-23-41(40)52(42)37-28-35(39-21-11-10-20-34(39)30-48)27-36(29-37)47-50-45(32-16-6-2-7-17-32)49-46(51-47)33-18-8-3-9-19-33/h2-25,27-29,31H,26H2,1H3/b14-4-,15-5-. The molecule has 53 heavy (non-hydrogen) atoms. The Morgan fingerprint density at radius 1 is 0.642 bits per heavy atom. The quantitative estimate of drug-likeness (QED) is 0.180. The van der Waals surface area contributed by atoms with Crippen LogP contribution in [0.2, 0.25) is 0 Å². The Balaban J connectivity index is 1.34. The van der Waals surface area contributed by atoms with Crippen LogP contribution in [0.15, 0.2) is 164 Å². The number of para-hydroxylation sites is 1. The van der Waals surface area contributed by atoms with Crippen molar-refractivity contribution in [3.63, 3.8) is 0 Å². The van der Waals surface area contributed by atoms with Gasteiger partial charge in [-0.3, -0.25) is 0 Å². The molecule has 1 atom stereocenters. The lowest BCUT2D eigenvalue weighted by Crippen LogP contribution is -2.02. The highest BCUT2D eigenvalue weighted by molar-refractivity contribution is 6.13. The van der Waals surface area contributed by atoms with Crippen LogP contribution in [0.4, 0.5) is 0 Å². The van der Waals surface area contributed by atoms with Gasteiger partial charge in [-0.2, -0.15) is 5.26 Å². The molecule has 0 radical (unpaired) electrons. The van der Waals surface area contributed by atoms with Gasteiger partial charge in [0.05, 0.1) is 28.1 Å². The number of ether oxygens (including phenoxy) is 1. The first-order valence-electron chi connectivity index (χ1n) is 17.7. The molecule has 6 heteroatoms. The molecule has 1 unspecified atom stereocenters. The first kappa shape index (κ1) is 31.9. The molecule has 0 bridgehead atoms. The maximum absolute atomic E-state index is 10.2. The third kappa shape index (κ3) is 5.85. The van der Waals surface area contributed by atoms with Gasteiger partial charge in [0.25, 0.3) is 0 Å². The Kier molecular flexibility index (Phi) is 8.15. The van der Waals surface area contributed by atoms with Gasteiger partial charge < -0.3 is 9.30 Å². The summed E-state index contributed by atoms with van der Waals surface area (Å²) < 4.78 is 8.86. The number of nitrogens with zero attached hydrogens (tertiary/aromatic N) is 5. The Morgan fingerprint density at radius 3 is 2.02 bits per heavy atom. The fourth-order valence-corrected chi connectivity index (χ4v) is 7.23. The molecule has 0 amide bonds. The van der Waals surface area contributed by atoms with Crippen LogP contribution in [0.5, 0.6) is 5.75 Å². The summed E-state index contributed by atoms with van der Waals surface area (Å²) in [6, 6.07) is 49.3. The van der Waals surface area contributed by atoms with Gasteiger partial charge in [0.1, 0.15) is 12.4 Å². The van der Waals surface area contributed by atoms with E-state index in [1.54, 1.807) is 0 Å². The molecule has 0 N–H and O–H groups in total. The molecule has 0 aliphatic carbocycles. The largest absolute Gasteiger partial charge is 0.488 e. The molecule has 0 fully saturated rings. The van der Waals surface area contributed by atoms with Crippen molar-refractivity contribution in [2.24, 2.45) is 0 Å². The molecule has 1 aliphatic rings. The van der Waals surface area contributed by atoms with Crippen molar-refractivity contribution in [2.75, 3.05) is 6.61 Å². The number of hydrogen-bond acceptors (Lipinski definition) is 5. The SMILES string of the molecule is CC1/C=C\C=C/COc2c1ccc1c2c2ccccc2n1-c1cc(-c2nc(-c3ccccc3)nc(-c3ccccc3)n2)cc(-c2ccccc2C#N)c1. The Hall–Kier alpha value is -7.10. The second kappa shape index (κ2) is 13.6. The fraction of sp³-hybridized carbons (Fsp3) is 0.0638. The number of rotatable bonds is 5. The lowest BCUT2D eigenvalue weighted by molar-refractivity contribution is 0.363. The maximum Gasteiger partial charge on any atom is 0.164 e. The zero-order valence-corrected chi connectivity index (χ0v) is 29.0. The number of nitriles is 1. The van der Waals surface area contributed by atoms with E-state index in [2.05, 4.69) is 84.3 Å². The normalized spacial score (nSPS) is 15.1. The second-order valence-corrected chi connectivity index (χ2v) is 13.1. The summed E-state index contributed by atoms with van der Waals surface area (Å²) in [6.45, 7) is 2.67. The molecule has 252 valence electrons. The molecule has 0 spiro atoms. The minimum Gasteiger partial charge on any atom is -0.488 e. The molecular weight excluding hydrogens is 651 g/mol. The number of hydrogen-bond donors (Lipinski definition) is 0. The smallest absolute Gasteiger partial charge is 0.164 e. The molecule has 9 rings (SSSR count). The minimum absolute atomic E-state index is 0.165. The monoisotopic (exact) mass is 683 g/mol. The summed E-state index contributed by atoms with van der Waals surface area (Å²) in [5.41, 5.74) is 9.01. The van der Waals surface area contributed by atoms with Gasteiger partial charge in [0.15, 0.2) is 17.5 Å². The van der Waals surface area contributed by atoms with Crippen LogP contribution in [0.25, 0.3) is 72.8 Å². The van der Waals surface area contributed by atoms with Crippen LogP contribution < -0.4 is 4.74 Å². The van der Waals surface area contributed by atoms with Crippen LogP contribution in [0, 0.1) is 11.3 Å². The highest BCUT2D eigenvalue weighted by Crippen LogP contribution is 2.43. The van der Waals surface area contributed by atoms with Crippen LogP contribution in [0.3, 0.4) is 0 Å². The van der Waals surface area contributed by atoms with Gasteiger partial charge >= 0.3 is 0 Å². The molecule has 8 aromatic rings. The number of fused-ring (bicyclic) bond motifs is 5. The lowest BCUT2D eigenvalue weighted by Gasteiger charge is -2.17. The number of allylic oxidation sites excluding steroid dienone is 3. The van der Waals surface area contributed by atoms with Crippen LogP contribution >= 0.6 is 0 Å². The van der Waals surface area contributed by atoms with E-state index in [1.807, 2.05) is 97.1 Å². The summed E-state index contributed by atoms with van der Waals surface area (Å²) in [5.74, 6) is 2.76. The van der Waals surface area contributed by atoms with E-state index in [-0.39, 0.29) is 5.92 Å². The Morgan fingerprint density at radius 2 is 1.28 bits per heavy atom. The van der Waals surface area contributed by atoms with Gasteiger partial charge in [0, 0.05) is 39.2 Å². The second-order valence-electron chi connectivity index (χ2n) is 13.1. The topological polar surface area (TPSA) is 76.6 Å². The zero-order valence-electron chi connectivity index (χ0n) is 29.0. The summed E-state index contributed by atoms with van der Waals surface area (Å²) in [4.78, 5) is 15.1. The van der Waals surface area contributed by atoms with Gasteiger partial charge in [0.2, 0.25) is 0 Å². The summed E-state index contributed by atoms with van der Waals surface area (Å²) in [6.07, 6.45) is 8.39. The minimum atomic E-state index is 0.165. The third-order valence-electron chi connectivity index (χ3n) is 9.77. The molecule has 0 saturated heterocycles. The number of aromatic nitrogens is 4. The molecule has 1 aliphatic heterocycles. The van der Waals surface area contributed by atoms with Gasteiger partial charge in [-0.15, -0.1) is 0 Å². The molecule has 2 aromatic heterocycles. The highest BCUT2D eigenvalue weighted by Gasteiger charge is 2.23. The average molecular weight is 684 g/mol. The molecular formula is C47H33N5O. The first-order valence-corrected chi connectivity index (χ1v) is 17.7. The van der Waals surface area contributed by atoms with Gasteiger partial charge in [-0.25, -0.2) is 15.0 Å². The van der Waals surface area contributed by atoms with Crippen molar-refractivity contribution < 1.29 is 4.74 Å². The van der Waals surface area contributed by atoms with Crippen molar-refractivity contribution in [3.8, 4) is 62.8 Å². The first-order chi connectivity index (χ1) is 26.2. The van der Waals surface area contributed by atoms with Crippen molar-refractivity contribution >= 4 is 21.8 Å². The van der Waals surface area contributed by atoms with Crippen molar-refractivity contribution in [1.82, 2.24) is 19.5 Å².